The zero-order valence-corrected chi connectivity index (χ0v) is 27.5. The van der Waals surface area contributed by atoms with Crippen LogP contribution in [0.4, 0.5) is 17.1 Å². The molecule has 0 heterocycles. The van der Waals surface area contributed by atoms with Gasteiger partial charge in [0.05, 0.1) is 12.3 Å². The Morgan fingerprint density at radius 3 is 1.63 bits per heavy atom. The van der Waals surface area contributed by atoms with Crippen molar-refractivity contribution in [1.29, 1.82) is 0 Å². The van der Waals surface area contributed by atoms with Gasteiger partial charge < -0.3 is 4.90 Å². The summed E-state index contributed by atoms with van der Waals surface area (Å²) < 4.78 is 78.9. The number of hydrogen-bond acceptors (Lipinski definition) is 1. The summed E-state index contributed by atoms with van der Waals surface area (Å²) in [5.41, 5.74) is 6.40. The maximum Gasteiger partial charge on any atom is 0.0645 e. The third-order valence-corrected chi connectivity index (χ3v) is 9.22. The summed E-state index contributed by atoms with van der Waals surface area (Å²) in [6.07, 6.45) is 0. The molecule has 0 amide bonds. The Labute approximate surface area is 312 Å². The minimum Gasteiger partial charge on any atom is -0.311 e. The molecule has 0 bridgehead atoms. The Balaban J connectivity index is 1.23. The average Bonchev–Trinajstić information content (AvgIpc) is 3.29. The van der Waals surface area contributed by atoms with Gasteiger partial charge in [0, 0.05) is 17.1 Å². The molecule has 0 aliphatic carbocycles. The standard InChI is InChI=1S/C50H35N/c1-3-11-36(12-4-1)38-21-28-45(29-22-38)51(46-30-23-39(24-31-46)44-20-19-37-13-7-8-17-43(37)35-44)47-32-25-42(26-33-47)50-48-18-10-9-16-41(48)27-34-49(50)40-14-5-2-6-15-40/h1-35H/i1D,3D,4D,11D,12D,21D,22D,28D,29D. The molecule has 0 saturated heterocycles. The Kier molecular flexibility index (Phi) is 5.77. The maximum absolute atomic E-state index is 9.40. The molecule has 9 aromatic carbocycles. The van der Waals surface area contributed by atoms with Gasteiger partial charge in [-0.15, -0.1) is 0 Å². The molecule has 0 aliphatic rings. The van der Waals surface area contributed by atoms with E-state index in [9.17, 15) is 5.48 Å². The third-order valence-electron chi connectivity index (χ3n) is 9.22. The molecule has 0 aromatic heterocycles. The van der Waals surface area contributed by atoms with Gasteiger partial charge >= 0.3 is 0 Å². The lowest BCUT2D eigenvalue weighted by Crippen LogP contribution is -2.09. The fourth-order valence-electron chi connectivity index (χ4n) is 6.71. The summed E-state index contributed by atoms with van der Waals surface area (Å²) in [6.45, 7) is 0. The van der Waals surface area contributed by atoms with Gasteiger partial charge in [-0.2, -0.15) is 0 Å². The third kappa shape index (κ3) is 5.96. The van der Waals surface area contributed by atoms with E-state index in [2.05, 4.69) is 66.7 Å². The van der Waals surface area contributed by atoms with Crippen LogP contribution in [0.1, 0.15) is 12.3 Å². The lowest BCUT2D eigenvalue weighted by atomic mass is 9.89. The minimum atomic E-state index is -0.623. The van der Waals surface area contributed by atoms with Crippen molar-refractivity contribution < 1.29 is 12.3 Å². The van der Waals surface area contributed by atoms with Gasteiger partial charge in [-0.05, 0) is 108 Å². The summed E-state index contributed by atoms with van der Waals surface area (Å²) in [5, 5.41) is 4.40. The molecule has 9 aromatic rings. The fourth-order valence-corrected chi connectivity index (χ4v) is 6.71. The van der Waals surface area contributed by atoms with Gasteiger partial charge in [0.2, 0.25) is 0 Å². The van der Waals surface area contributed by atoms with Crippen LogP contribution in [0.2, 0.25) is 0 Å². The van der Waals surface area contributed by atoms with E-state index < -0.39 is 54.4 Å². The lowest BCUT2D eigenvalue weighted by Gasteiger charge is -2.26. The van der Waals surface area contributed by atoms with Crippen LogP contribution in [-0.2, 0) is 0 Å². The zero-order chi connectivity index (χ0) is 41.8. The van der Waals surface area contributed by atoms with Crippen LogP contribution < -0.4 is 4.90 Å². The molecule has 0 aliphatic heterocycles. The number of rotatable bonds is 7. The minimum absolute atomic E-state index is 0.0533. The quantitative estimate of drug-likeness (QED) is 0.165. The van der Waals surface area contributed by atoms with Crippen molar-refractivity contribution in [1.82, 2.24) is 0 Å². The molecule has 1 heteroatoms. The van der Waals surface area contributed by atoms with Gasteiger partial charge in [0.1, 0.15) is 0 Å². The molecule has 0 saturated carbocycles. The maximum atomic E-state index is 9.40. The van der Waals surface area contributed by atoms with E-state index in [4.69, 9.17) is 6.85 Å². The number of nitrogens with zero attached hydrogens (tertiary/aromatic N) is 1. The molecule has 1 nitrogen and oxygen atoms in total. The number of anilines is 3. The van der Waals surface area contributed by atoms with Gasteiger partial charge in [0.25, 0.3) is 0 Å². The van der Waals surface area contributed by atoms with Crippen molar-refractivity contribution in [3.8, 4) is 44.5 Å². The molecule has 0 fully saturated rings. The predicted molar refractivity (Wildman–Crippen MR) is 218 cm³/mol. The summed E-state index contributed by atoms with van der Waals surface area (Å²) in [4.78, 5) is 1.68. The number of fused-ring (bicyclic) bond motifs is 2. The second kappa shape index (κ2) is 13.3. The molecule has 0 spiro atoms. The molecule has 0 unspecified atom stereocenters. The average molecular weight is 659 g/mol. The Hall–Kier alpha value is -6.70. The monoisotopic (exact) mass is 658 g/mol. The van der Waals surface area contributed by atoms with E-state index >= 15 is 0 Å². The first kappa shape index (κ1) is 22.1. The molecule has 240 valence electrons. The van der Waals surface area contributed by atoms with Crippen LogP contribution in [0.3, 0.4) is 0 Å². The molecular formula is C50H35N. The van der Waals surface area contributed by atoms with Crippen LogP contribution in [0, 0.1) is 0 Å². The Morgan fingerprint density at radius 2 is 0.902 bits per heavy atom. The van der Waals surface area contributed by atoms with E-state index in [0.717, 1.165) is 54.9 Å². The molecule has 9 rings (SSSR count). The van der Waals surface area contributed by atoms with Crippen LogP contribution >= 0.6 is 0 Å². The summed E-state index contributed by atoms with van der Waals surface area (Å²) in [5.74, 6) is 0. The normalized spacial score (nSPS) is 13.6. The van der Waals surface area contributed by atoms with Gasteiger partial charge in [0.15, 0.2) is 0 Å². The Morgan fingerprint density at radius 1 is 0.333 bits per heavy atom. The summed E-state index contributed by atoms with van der Waals surface area (Å²) >= 11 is 0. The first-order valence-electron chi connectivity index (χ1n) is 21.3. The van der Waals surface area contributed by atoms with Gasteiger partial charge in [-0.3, -0.25) is 0 Å². The van der Waals surface area contributed by atoms with Crippen LogP contribution in [0.15, 0.2) is 212 Å². The predicted octanol–water partition coefficient (Wildman–Crippen LogP) is 14.1. The smallest absolute Gasteiger partial charge is 0.0645 e. The highest BCUT2D eigenvalue weighted by Gasteiger charge is 2.16. The van der Waals surface area contributed by atoms with Crippen molar-refractivity contribution >= 4 is 38.6 Å². The van der Waals surface area contributed by atoms with E-state index in [0.29, 0.717) is 11.4 Å². The van der Waals surface area contributed by atoms with Crippen molar-refractivity contribution in [3.63, 3.8) is 0 Å². The van der Waals surface area contributed by atoms with Crippen molar-refractivity contribution in [3.05, 3.63) is 212 Å². The SMILES string of the molecule is [2H]c1c([2H])c([2H])c(-c2c([2H])c([2H])c(N(c3ccc(-c4ccc5ccccc5c4)cc3)c3ccc(-c4c(-c5ccccc5)ccc5ccccc45)cc3)c([2H])c2[2H])c([2H])c1[2H]. The van der Waals surface area contributed by atoms with Crippen LogP contribution in [-0.4, -0.2) is 0 Å². The highest BCUT2D eigenvalue weighted by molar-refractivity contribution is 6.04. The lowest BCUT2D eigenvalue weighted by molar-refractivity contribution is 1.28. The van der Waals surface area contributed by atoms with Crippen LogP contribution in [0.5, 0.6) is 0 Å². The van der Waals surface area contributed by atoms with Crippen molar-refractivity contribution in [2.45, 2.75) is 0 Å². The van der Waals surface area contributed by atoms with Crippen molar-refractivity contribution in [2.24, 2.45) is 0 Å². The molecule has 51 heavy (non-hydrogen) atoms. The number of benzene rings is 9. The molecular weight excluding hydrogens is 615 g/mol. The van der Waals surface area contributed by atoms with Gasteiger partial charge in [-0.1, -0.05) is 170 Å². The highest BCUT2D eigenvalue weighted by atomic mass is 15.1. The fraction of sp³-hybridized carbons (Fsp3) is 0. The second-order valence-corrected chi connectivity index (χ2v) is 12.3. The molecule has 0 N–H and O–H groups in total. The summed E-state index contributed by atoms with van der Waals surface area (Å²) in [6, 6.07) is 47.6. The van der Waals surface area contributed by atoms with E-state index in [-0.39, 0.29) is 16.8 Å². The summed E-state index contributed by atoms with van der Waals surface area (Å²) in [7, 11) is 0. The van der Waals surface area contributed by atoms with E-state index in [1.807, 2.05) is 91.0 Å². The van der Waals surface area contributed by atoms with Crippen molar-refractivity contribution in [2.75, 3.05) is 4.90 Å². The first-order valence-corrected chi connectivity index (χ1v) is 16.8. The number of hydrogen-bond donors (Lipinski definition) is 0. The molecule has 0 atom stereocenters. The van der Waals surface area contributed by atoms with E-state index in [1.165, 1.54) is 0 Å². The topological polar surface area (TPSA) is 3.24 Å². The largest absolute Gasteiger partial charge is 0.311 e. The second-order valence-electron chi connectivity index (χ2n) is 12.3. The van der Waals surface area contributed by atoms with E-state index in [1.54, 1.807) is 4.90 Å². The zero-order valence-electron chi connectivity index (χ0n) is 36.5. The first-order chi connectivity index (χ1) is 29.0. The van der Waals surface area contributed by atoms with Gasteiger partial charge in [-0.25, -0.2) is 0 Å². The molecule has 0 radical (unpaired) electrons. The highest BCUT2D eigenvalue weighted by Crippen LogP contribution is 2.41. The van der Waals surface area contributed by atoms with Crippen LogP contribution in [0.25, 0.3) is 66.1 Å². The Bertz CT molecular complexity index is 3070.